The summed E-state index contributed by atoms with van der Waals surface area (Å²) in [5.74, 6) is -0.0704. The lowest BCUT2D eigenvalue weighted by Crippen LogP contribution is -2.23. The van der Waals surface area contributed by atoms with E-state index in [1.165, 1.54) is 13.8 Å². The second-order valence-corrected chi connectivity index (χ2v) is 5.16. The number of ketones is 1. The van der Waals surface area contributed by atoms with E-state index in [4.69, 9.17) is 0 Å². The minimum Gasteiger partial charge on any atom is -0.389 e. The van der Waals surface area contributed by atoms with Gasteiger partial charge < -0.3 is 10.2 Å². The molecule has 1 aromatic rings. The van der Waals surface area contributed by atoms with Crippen molar-refractivity contribution in [3.05, 3.63) is 35.4 Å². The van der Waals surface area contributed by atoms with Gasteiger partial charge in [-0.15, -0.1) is 0 Å². The van der Waals surface area contributed by atoms with Gasteiger partial charge in [0.2, 0.25) is 0 Å². The molecule has 0 fully saturated rings. The van der Waals surface area contributed by atoms with Crippen LogP contribution in [0.15, 0.2) is 24.3 Å². The van der Waals surface area contributed by atoms with Crippen LogP contribution in [0.5, 0.6) is 0 Å². The smallest absolute Gasteiger partial charge is 0.185 e. The number of hydrogen-bond acceptors (Lipinski definition) is 5. The molecule has 2 N–H and O–H groups in total. The first-order valence-electron chi connectivity index (χ1n) is 5.53. The Morgan fingerprint density at radius 1 is 1.22 bits per heavy atom. The second kappa shape index (κ2) is 6.68. The van der Waals surface area contributed by atoms with Crippen molar-refractivity contribution in [3.8, 4) is 0 Å². The SMILES string of the molecule is CC(=O)SCC(O)C(O)c1ccccc1C(C)=O. The van der Waals surface area contributed by atoms with Crippen molar-refractivity contribution in [3.63, 3.8) is 0 Å². The van der Waals surface area contributed by atoms with Crippen LogP contribution in [0.4, 0.5) is 0 Å². The standard InChI is InChI=1S/C13H16O4S/c1-8(14)10-5-3-4-6-11(10)13(17)12(16)7-18-9(2)15/h3-6,12-13,16-17H,7H2,1-2H3. The van der Waals surface area contributed by atoms with Crippen LogP contribution in [-0.4, -0.2) is 33.0 Å². The Balaban J connectivity index is 2.86. The zero-order valence-corrected chi connectivity index (χ0v) is 11.1. The van der Waals surface area contributed by atoms with Gasteiger partial charge in [-0.25, -0.2) is 0 Å². The fraction of sp³-hybridized carbons (Fsp3) is 0.385. The van der Waals surface area contributed by atoms with Crippen molar-refractivity contribution in [1.82, 2.24) is 0 Å². The summed E-state index contributed by atoms with van der Waals surface area (Å²) >= 11 is 0.943. The first-order valence-corrected chi connectivity index (χ1v) is 6.51. The summed E-state index contributed by atoms with van der Waals surface area (Å²) in [6, 6.07) is 6.59. The highest BCUT2D eigenvalue weighted by molar-refractivity contribution is 8.13. The lowest BCUT2D eigenvalue weighted by Gasteiger charge is -2.19. The summed E-state index contributed by atoms with van der Waals surface area (Å²) in [4.78, 5) is 22.2. The lowest BCUT2D eigenvalue weighted by atomic mass is 9.97. The van der Waals surface area contributed by atoms with Gasteiger partial charge in [0.15, 0.2) is 10.9 Å². The van der Waals surface area contributed by atoms with Crippen LogP contribution in [-0.2, 0) is 4.79 Å². The number of aliphatic hydroxyl groups excluding tert-OH is 2. The van der Waals surface area contributed by atoms with Crippen LogP contribution in [0.2, 0.25) is 0 Å². The van der Waals surface area contributed by atoms with Crippen LogP contribution in [0.1, 0.15) is 35.9 Å². The molecular formula is C13H16O4S. The predicted octanol–water partition coefficient (Wildman–Crippen LogP) is 1.56. The highest BCUT2D eigenvalue weighted by Crippen LogP contribution is 2.23. The molecule has 0 heterocycles. The molecule has 0 aromatic heterocycles. The molecule has 1 aromatic carbocycles. The van der Waals surface area contributed by atoms with Crippen LogP contribution in [0, 0.1) is 0 Å². The molecule has 1 rings (SSSR count). The summed E-state index contributed by atoms with van der Waals surface area (Å²) in [6.07, 6.45) is -2.25. The highest BCUT2D eigenvalue weighted by atomic mass is 32.2. The van der Waals surface area contributed by atoms with E-state index in [1.54, 1.807) is 24.3 Å². The van der Waals surface area contributed by atoms with Crippen molar-refractivity contribution in [2.24, 2.45) is 0 Å². The zero-order valence-electron chi connectivity index (χ0n) is 10.3. The molecule has 0 saturated carbocycles. The number of Topliss-reactive ketones (excluding diaryl/α,β-unsaturated/α-hetero) is 1. The third kappa shape index (κ3) is 3.94. The van der Waals surface area contributed by atoms with Crippen LogP contribution in [0.3, 0.4) is 0 Å². The number of benzene rings is 1. The summed E-state index contributed by atoms with van der Waals surface area (Å²) in [5.41, 5.74) is 0.776. The largest absolute Gasteiger partial charge is 0.389 e. The zero-order chi connectivity index (χ0) is 13.7. The molecule has 0 aliphatic heterocycles. The normalized spacial score (nSPS) is 14.0. The molecule has 98 valence electrons. The average Bonchev–Trinajstić information content (AvgIpc) is 2.34. The van der Waals surface area contributed by atoms with Gasteiger partial charge in [0.1, 0.15) is 6.10 Å². The fourth-order valence-electron chi connectivity index (χ4n) is 1.58. The van der Waals surface area contributed by atoms with Crippen LogP contribution >= 0.6 is 11.8 Å². The van der Waals surface area contributed by atoms with E-state index in [0.29, 0.717) is 11.1 Å². The van der Waals surface area contributed by atoms with Gasteiger partial charge in [-0.05, 0) is 12.5 Å². The number of thioether (sulfide) groups is 1. The molecule has 0 amide bonds. The van der Waals surface area contributed by atoms with Crippen LogP contribution in [0.25, 0.3) is 0 Å². The molecule has 0 aliphatic rings. The predicted molar refractivity (Wildman–Crippen MR) is 70.6 cm³/mol. The summed E-state index contributed by atoms with van der Waals surface area (Å²) < 4.78 is 0. The molecule has 2 unspecified atom stereocenters. The molecular weight excluding hydrogens is 252 g/mol. The van der Waals surface area contributed by atoms with E-state index in [1.807, 2.05) is 0 Å². The topological polar surface area (TPSA) is 74.6 Å². The van der Waals surface area contributed by atoms with E-state index in [0.717, 1.165) is 11.8 Å². The maximum Gasteiger partial charge on any atom is 0.185 e. The molecule has 18 heavy (non-hydrogen) atoms. The third-order valence-electron chi connectivity index (χ3n) is 2.48. The first kappa shape index (κ1) is 14.9. The number of hydrogen-bond donors (Lipinski definition) is 2. The number of carbonyl (C=O) groups excluding carboxylic acids is 2. The van der Waals surface area contributed by atoms with E-state index >= 15 is 0 Å². The van der Waals surface area contributed by atoms with Gasteiger partial charge in [0.05, 0.1) is 6.10 Å². The van der Waals surface area contributed by atoms with Gasteiger partial charge >= 0.3 is 0 Å². The van der Waals surface area contributed by atoms with Gasteiger partial charge in [-0.3, -0.25) is 9.59 Å². The Kier molecular flexibility index (Phi) is 5.53. The fourth-order valence-corrected chi connectivity index (χ4v) is 2.16. The molecule has 4 nitrogen and oxygen atoms in total. The van der Waals surface area contributed by atoms with Gasteiger partial charge in [-0.2, -0.15) is 0 Å². The molecule has 0 saturated heterocycles. The Labute approximate surface area is 110 Å². The van der Waals surface area contributed by atoms with Crippen molar-refractivity contribution in [2.75, 3.05) is 5.75 Å². The van der Waals surface area contributed by atoms with E-state index in [2.05, 4.69) is 0 Å². The quantitative estimate of drug-likeness (QED) is 0.793. The Hall–Kier alpha value is -1.17. The summed E-state index contributed by atoms with van der Waals surface area (Å²) in [6.45, 7) is 2.80. The highest BCUT2D eigenvalue weighted by Gasteiger charge is 2.22. The monoisotopic (exact) mass is 268 g/mol. The Morgan fingerprint density at radius 3 is 2.39 bits per heavy atom. The minimum absolute atomic E-state index is 0.0999. The molecule has 0 spiro atoms. The van der Waals surface area contributed by atoms with E-state index in [9.17, 15) is 19.8 Å². The van der Waals surface area contributed by atoms with Gasteiger partial charge in [0.25, 0.3) is 0 Å². The minimum atomic E-state index is -1.17. The molecule has 0 aliphatic carbocycles. The lowest BCUT2D eigenvalue weighted by molar-refractivity contribution is -0.109. The summed E-state index contributed by atoms with van der Waals surface area (Å²) in [5, 5.41) is 19.7. The summed E-state index contributed by atoms with van der Waals surface area (Å²) in [7, 11) is 0. The maximum absolute atomic E-state index is 11.4. The van der Waals surface area contributed by atoms with Crippen molar-refractivity contribution in [2.45, 2.75) is 26.1 Å². The molecule has 0 radical (unpaired) electrons. The Morgan fingerprint density at radius 2 is 1.83 bits per heavy atom. The van der Waals surface area contributed by atoms with Crippen LogP contribution < -0.4 is 0 Å². The first-order chi connectivity index (χ1) is 8.43. The number of rotatable bonds is 5. The Bertz CT molecular complexity index is 444. The average molecular weight is 268 g/mol. The molecule has 2 atom stereocenters. The van der Waals surface area contributed by atoms with Gasteiger partial charge in [-0.1, -0.05) is 36.0 Å². The van der Waals surface area contributed by atoms with E-state index < -0.39 is 12.2 Å². The third-order valence-corrected chi connectivity index (χ3v) is 3.40. The van der Waals surface area contributed by atoms with Gasteiger partial charge in [0, 0.05) is 18.2 Å². The number of carbonyl (C=O) groups is 2. The van der Waals surface area contributed by atoms with Crippen molar-refractivity contribution >= 4 is 22.7 Å². The second-order valence-electron chi connectivity index (χ2n) is 3.96. The van der Waals surface area contributed by atoms with E-state index in [-0.39, 0.29) is 16.7 Å². The number of aliphatic hydroxyl groups is 2. The maximum atomic E-state index is 11.4. The van der Waals surface area contributed by atoms with Crippen molar-refractivity contribution in [1.29, 1.82) is 0 Å². The van der Waals surface area contributed by atoms with Crippen molar-refractivity contribution < 1.29 is 19.8 Å². The molecule has 0 bridgehead atoms. The molecule has 5 heteroatoms.